The molecule has 0 radical (unpaired) electrons. The number of halogens is 1. The van der Waals surface area contributed by atoms with E-state index in [2.05, 4.69) is 6.58 Å². The topological polar surface area (TPSA) is 26.0 Å². The lowest BCUT2D eigenvalue weighted by atomic mass is 10.0. The van der Waals surface area contributed by atoms with Crippen LogP contribution in [-0.2, 0) is 6.42 Å². The van der Waals surface area contributed by atoms with Crippen LogP contribution in [0.15, 0.2) is 36.4 Å². The van der Waals surface area contributed by atoms with Gasteiger partial charge in [-0.05, 0) is 31.0 Å². The highest BCUT2D eigenvalue weighted by atomic mass is 19.1. The second-order valence-corrected chi connectivity index (χ2v) is 3.29. The Morgan fingerprint density at radius 1 is 1.62 bits per heavy atom. The average Bonchev–Trinajstić information content (AvgIpc) is 2.04. The van der Waals surface area contributed by atoms with Crippen LogP contribution < -0.4 is 5.73 Å². The smallest absolute Gasteiger partial charge is 0.123 e. The van der Waals surface area contributed by atoms with Crippen molar-refractivity contribution in [3.8, 4) is 0 Å². The normalized spacial score (nSPS) is 12.5. The predicted octanol–water partition coefficient (Wildman–Crippen LogP) is 2.27. The van der Waals surface area contributed by atoms with Crippen molar-refractivity contribution < 1.29 is 4.39 Å². The summed E-state index contributed by atoms with van der Waals surface area (Å²) in [7, 11) is 0. The van der Waals surface area contributed by atoms with Gasteiger partial charge in [0.25, 0.3) is 0 Å². The van der Waals surface area contributed by atoms with E-state index in [1.807, 2.05) is 13.0 Å². The van der Waals surface area contributed by atoms with Crippen LogP contribution in [0.5, 0.6) is 0 Å². The average molecular weight is 179 g/mol. The summed E-state index contributed by atoms with van der Waals surface area (Å²) < 4.78 is 12.8. The summed E-state index contributed by atoms with van der Waals surface area (Å²) in [6.45, 7) is 5.63. The fourth-order valence-corrected chi connectivity index (χ4v) is 1.09. The zero-order valence-corrected chi connectivity index (χ0v) is 7.76. The molecule has 0 heterocycles. The molecule has 2 N–H and O–H groups in total. The summed E-state index contributed by atoms with van der Waals surface area (Å²) in [6.07, 6.45) is 0.646. The lowest BCUT2D eigenvalue weighted by molar-refractivity contribution is 0.623. The van der Waals surface area contributed by atoms with Crippen LogP contribution in [0, 0.1) is 5.82 Å². The highest BCUT2D eigenvalue weighted by Gasteiger charge is 2.04. The molecule has 1 atom stereocenters. The highest BCUT2D eigenvalue weighted by Crippen LogP contribution is 2.08. The minimum absolute atomic E-state index is 0.0817. The predicted molar refractivity (Wildman–Crippen MR) is 52.9 cm³/mol. The van der Waals surface area contributed by atoms with E-state index in [0.717, 1.165) is 11.1 Å². The molecule has 70 valence electrons. The Bertz CT molecular complexity index is 307. The Hall–Kier alpha value is -1.15. The third-order valence-electron chi connectivity index (χ3n) is 1.98. The summed E-state index contributed by atoms with van der Waals surface area (Å²) in [5.74, 6) is -0.216. The SMILES string of the molecule is C=C(C)[C@H](N)Cc1cccc(F)c1. The fourth-order valence-electron chi connectivity index (χ4n) is 1.09. The molecule has 0 bridgehead atoms. The van der Waals surface area contributed by atoms with Crippen LogP contribution in [0.2, 0.25) is 0 Å². The molecule has 1 rings (SSSR count). The van der Waals surface area contributed by atoms with E-state index in [0.29, 0.717) is 6.42 Å². The first-order chi connectivity index (χ1) is 6.09. The molecule has 0 aliphatic carbocycles. The molecule has 2 heteroatoms. The molecule has 13 heavy (non-hydrogen) atoms. The van der Waals surface area contributed by atoms with Gasteiger partial charge in [-0.15, -0.1) is 0 Å². The zero-order valence-electron chi connectivity index (χ0n) is 7.76. The summed E-state index contributed by atoms with van der Waals surface area (Å²) in [4.78, 5) is 0. The van der Waals surface area contributed by atoms with E-state index in [9.17, 15) is 4.39 Å². The van der Waals surface area contributed by atoms with Gasteiger partial charge >= 0.3 is 0 Å². The number of rotatable bonds is 3. The van der Waals surface area contributed by atoms with Crippen molar-refractivity contribution in [3.05, 3.63) is 47.8 Å². The Balaban J connectivity index is 2.69. The molecule has 0 fully saturated rings. The third kappa shape index (κ3) is 2.99. The maximum Gasteiger partial charge on any atom is 0.123 e. The van der Waals surface area contributed by atoms with E-state index in [1.165, 1.54) is 12.1 Å². The molecule has 1 aromatic carbocycles. The van der Waals surface area contributed by atoms with Crippen molar-refractivity contribution in [3.63, 3.8) is 0 Å². The molecule has 0 unspecified atom stereocenters. The molecule has 0 spiro atoms. The molecular weight excluding hydrogens is 165 g/mol. The maximum atomic E-state index is 12.8. The van der Waals surface area contributed by atoms with Crippen LogP contribution in [0.1, 0.15) is 12.5 Å². The van der Waals surface area contributed by atoms with Crippen LogP contribution in [0.25, 0.3) is 0 Å². The minimum atomic E-state index is -0.216. The van der Waals surface area contributed by atoms with Gasteiger partial charge in [0.1, 0.15) is 5.82 Å². The maximum absolute atomic E-state index is 12.8. The Kier molecular flexibility index (Phi) is 3.20. The van der Waals surface area contributed by atoms with Gasteiger partial charge in [-0.2, -0.15) is 0 Å². The minimum Gasteiger partial charge on any atom is -0.324 e. The molecule has 0 aromatic heterocycles. The van der Waals surface area contributed by atoms with Crippen molar-refractivity contribution in [2.75, 3.05) is 0 Å². The molecular formula is C11H14FN. The van der Waals surface area contributed by atoms with Gasteiger partial charge in [-0.25, -0.2) is 4.39 Å². The van der Waals surface area contributed by atoms with Gasteiger partial charge in [0.05, 0.1) is 0 Å². The first-order valence-electron chi connectivity index (χ1n) is 4.25. The van der Waals surface area contributed by atoms with Crippen molar-refractivity contribution in [1.82, 2.24) is 0 Å². The van der Waals surface area contributed by atoms with E-state index < -0.39 is 0 Å². The standard InChI is InChI=1S/C11H14FN/c1-8(2)11(13)7-9-4-3-5-10(12)6-9/h3-6,11H,1,7,13H2,2H3/t11-/m1/s1. The molecule has 0 amide bonds. The van der Waals surface area contributed by atoms with Crippen molar-refractivity contribution in [2.45, 2.75) is 19.4 Å². The third-order valence-corrected chi connectivity index (χ3v) is 1.98. The van der Waals surface area contributed by atoms with E-state index in [-0.39, 0.29) is 11.9 Å². The first-order valence-corrected chi connectivity index (χ1v) is 4.25. The van der Waals surface area contributed by atoms with Crippen molar-refractivity contribution in [2.24, 2.45) is 5.73 Å². The lowest BCUT2D eigenvalue weighted by Crippen LogP contribution is -2.23. The zero-order chi connectivity index (χ0) is 9.84. The van der Waals surface area contributed by atoms with Crippen molar-refractivity contribution in [1.29, 1.82) is 0 Å². The Morgan fingerprint density at radius 3 is 2.85 bits per heavy atom. The van der Waals surface area contributed by atoms with Crippen LogP contribution in [0.4, 0.5) is 4.39 Å². The van der Waals surface area contributed by atoms with Gasteiger partial charge in [0, 0.05) is 6.04 Å². The van der Waals surface area contributed by atoms with Gasteiger partial charge in [0.15, 0.2) is 0 Å². The number of hydrogen-bond acceptors (Lipinski definition) is 1. The fraction of sp³-hybridized carbons (Fsp3) is 0.273. The number of nitrogens with two attached hydrogens (primary N) is 1. The van der Waals surface area contributed by atoms with Gasteiger partial charge in [-0.3, -0.25) is 0 Å². The van der Waals surface area contributed by atoms with Crippen LogP contribution >= 0.6 is 0 Å². The Morgan fingerprint density at radius 2 is 2.31 bits per heavy atom. The molecule has 1 aromatic rings. The van der Waals surface area contributed by atoms with Gasteiger partial charge in [0.2, 0.25) is 0 Å². The summed E-state index contributed by atoms with van der Waals surface area (Å²) in [5, 5.41) is 0. The van der Waals surface area contributed by atoms with Crippen molar-refractivity contribution >= 4 is 0 Å². The Labute approximate surface area is 78.1 Å². The van der Waals surface area contributed by atoms with Crippen LogP contribution in [-0.4, -0.2) is 6.04 Å². The lowest BCUT2D eigenvalue weighted by Gasteiger charge is -2.10. The summed E-state index contributed by atoms with van der Waals surface area (Å²) in [6, 6.07) is 6.40. The summed E-state index contributed by atoms with van der Waals surface area (Å²) >= 11 is 0. The molecule has 0 saturated carbocycles. The second-order valence-electron chi connectivity index (χ2n) is 3.29. The molecule has 0 aliphatic rings. The van der Waals surface area contributed by atoms with Gasteiger partial charge in [-0.1, -0.05) is 24.3 Å². The van der Waals surface area contributed by atoms with Crippen LogP contribution in [0.3, 0.4) is 0 Å². The second kappa shape index (κ2) is 4.19. The van der Waals surface area contributed by atoms with E-state index in [1.54, 1.807) is 6.07 Å². The number of benzene rings is 1. The molecule has 1 nitrogen and oxygen atoms in total. The molecule has 0 saturated heterocycles. The molecule has 0 aliphatic heterocycles. The highest BCUT2D eigenvalue weighted by molar-refractivity contribution is 5.19. The van der Waals surface area contributed by atoms with Gasteiger partial charge < -0.3 is 5.73 Å². The monoisotopic (exact) mass is 179 g/mol. The largest absolute Gasteiger partial charge is 0.324 e. The van der Waals surface area contributed by atoms with E-state index in [4.69, 9.17) is 5.73 Å². The number of hydrogen-bond donors (Lipinski definition) is 1. The van der Waals surface area contributed by atoms with E-state index >= 15 is 0 Å². The quantitative estimate of drug-likeness (QED) is 0.708. The first kappa shape index (κ1) is 9.93. The summed E-state index contributed by atoms with van der Waals surface area (Å²) in [5.41, 5.74) is 7.61.